The first kappa shape index (κ1) is 19.4. The van der Waals surface area contributed by atoms with E-state index in [0.717, 1.165) is 64.4 Å². The fourth-order valence-corrected chi connectivity index (χ4v) is 4.73. The van der Waals surface area contributed by atoms with E-state index in [1.165, 1.54) is 11.3 Å². The molecule has 3 heterocycles. The van der Waals surface area contributed by atoms with Crippen molar-refractivity contribution in [3.8, 4) is 5.75 Å². The van der Waals surface area contributed by atoms with Crippen molar-refractivity contribution < 1.29 is 9.47 Å². The predicted molar refractivity (Wildman–Crippen MR) is 124 cm³/mol. The Kier molecular flexibility index (Phi) is 5.13. The number of pyridine rings is 1. The van der Waals surface area contributed by atoms with Crippen molar-refractivity contribution in [2.75, 3.05) is 19.5 Å². The van der Waals surface area contributed by atoms with Crippen molar-refractivity contribution in [2.45, 2.75) is 31.9 Å². The van der Waals surface area contributed by atoms with Crippen LogP contribution in [0.3, 0.4) is 0 Å². The van der Waals surface area contributed by atoms with Gasteiger partial charge in [0.2, 0.25) is 0 Å². The van der Waals surface area contributed by atoms with Gasteiger partial charge in [0.15, 0.2) is 0 Å². The third-order valence-electron chi connectivity index (χ3n) is 5.87. The Labute approximate surface area is 183 Å². The van der Waals surface area contributed by atoms with Gasteiger partial charge in [-0.05, 0) is 54.8 Å². The molecule has 1 atom stereocenters. The van der Waals surface area contributed by atoms with Crippen LogP contribution in [-0.2, 0) is 17.7 Å². The number of methoxy groups -OCH3 is 1. The number of halogens is 1. The minimum Gasteiger partial charge on any atom is -0.497 e. The first-order valence-electron chi connectivity index (χ1n) is 10.2. The van der Waals surface area contributed by atoms with Crippen LogP contribution >= 0.6 is 15.9 Å². The highest BCUT2D eigenvalue weighted by Gasteiger charge is 2.21. The van der Waals surface area contributed by atoms with Crippen LogP contribution in [-0.4, -0.2) is 29.4 Å². The summed E-state index contributed by atoms with van der Waals surface area (Å²) in [6.07, 6.45) is 3.37. The van der Waals surface area contributed by atoms with Crippen LogP contribution in [0.1, 0.15) is 24.1 Å². The molecule has 0 amide bonds. The maximum atomic E-state index is 6.41. The van der Waals surface area contributed by atoms with Crippen molar-refractivity contribution in [1.29, 1.82) is 0 Å². The fraction of sp³-hybridized carbons (Fsp3) is 0.292. The summed E-state index contributed by atoms with van der Waals surface area (Å²) in [5.74, 6) is 1.43. The Morgan fingerprint density at radius 3 is 2.73 bits per heavy atom. The van der Waals surface area contributed by atoms with Gasteiger partial charge in [-0.3, -0.25) is 0 Å². The molecule has 30 heavy (non-hydrogen) atoms. The van der Waals surface area contributed by atoms with E-state index in [2.05, 4.69) is 55.8 Å². The average Bonchev–Trinajstić information content (AvgIpc) is 3.38. The van der Waals surface area contributed by atoms with Gasteiger partial charge in [-0.2, -0.15) is 0 Å². The summed E-state index contributed by atoms with van der Waals surface area (Å²) in [7, 11) is 1.69. The molecule has 6 heteroatoms. The standard InChI is InChI=1S/C24H24BrN3O2/c1-29-18-7-4-15(5-8-18)14-28-17(12-19-3-2-10-30-19)13-21-23(28)20-9-6-16(25)11-22(20)27-24(21)26/h4-9,11,13,19H,2-3,10,12,14H2,1H3,(H2,26,27). The highest BCUT2D eigenvalue weighted by atomic mass is 79.9. The number of nitrogen functional groups attached to an aromatic ring is 1. The number of anilines is 1. The summed E-state index contributed by atoms with van der Waals surface area (Å²) in [4.78, 5) is 4.67. The number of fused-ring (bicyclic) bond motifs is 3. The van der Waals surface area contributed by atoms with E-state index >= 15 is 0 Å². The average molecular weight is 466 g/mol. The number of nitrogens with zero attached hydrogens (tertiary/aromatic N) is 2. The number of benzene rings is 2. The Morgan fingerprint density at radius 2 is 2.00 bits per heavy atom. The molecule has 1 aliphatic rings. The maximum absolute atomic E-state index is 6.41. The van der Waals surface area contributed by atoms with E-state index in [1.54, 1.807) is 7.11 Å². The van der Waals surface area contributed by atoms with Gasteiger partial charge in [-0.1, -0.05) is 28.1 Å². The predicted octanol–water partition coefficient (Wildman–Crippen LogP) is 5.31. The lowest BCUT2D eigenvalue weighted by Gasteiger charge is -2.15. The van der Waals surface area contributed by atoms with Gasteiger partial charge in [0.05, 0.1) is 24.2 Å². The SMILES string of the molecule is COc1ccc(Cn2c(CC3CCCO3)cc3c(N)nc4cc(Br)ccc4c32)cc1. The van der Waals surface area contributed by atoms with Crippen LogP contribution in [0.15, 0.2) is 53.0 Å². The third-order valence-corrected chi connectivity index (χ3v) is 6.37. The Morgan fingerprint density at radius 1 is 1.17 bits per heavy atom. The summed E-state index contributed by atoms with van der Waals surface area (Å²) in [6, 6.07) is 16.6. The van der Waals surface area contributed by atoms with Crippen LogP contribution < -0.4 is 10.5 Å². The molecule has 0 saturated carbocycles. The van der Waals surface area contributed by atoms with Gasteiger partial charge in [-0.15, -0.1) is 0 Å². The van der Waals surface area contributed by atoms with Crippen molar-refractivity contribution in [3.05, 3.63) is 64.3 Å². The van der Waals surface area contributed by atoms with E-state index in [0.29, 0.717) is 5.82 Å². The molecule has 0 radical (unpaired) electrons. The second-order valence-corrected chi connectivity index (χ2v) is 8.75. The number of ether oxygens (including phenoxy) is 2. The normalized spacial score (nSPS) is 16.5. The smallest absolute Gasteiger partial charge is 0.133 e. The van der Waals surface area contributed by atoms with E-state index in [-0.39, 0.29) is 6.10 Å². The number of aromatic nitrogens is 2. The van der Waals surface area contributed by atoms with E-state index in [9.17, 15) is 0 Å². The van der Waals surface area contributed by atoms with Gasteiger partial charge in [-0.25, -0.2) is 4.98 Å². The molecule has 4 aromatic rings. The topological polar surface area (TPSA) is 62.3 Å². The highest BCUT2D eigenvalue weighted by Crippen LogP contribution is 2.34. The Bertz CT molecular complexity index is 1210. The summed E-state index contributed by atoms with van der Waals surface area (Å²) in [5.41, 5.74) is 10.9. The molecule has 1 saturated heterocycles. The first-order valence-corrected chi connectivity index (χ1v) is 11.0. The molecule has 0 aliphatic carbocycles. The lowest BCUT2D eigenvalue weighted by molar-refractivity contribution is 0.110. The lowest BCUT2D eigenvalue weighted by Crippen LogP contribution is -2.13. The zero-order valence-corrected chi connectivity index (χ0v) is 18.5. The molecule has 154 valence electrons. The van der Waals surface area contributed by atoms with Crippen LogP contribution in [0.2, 0.25) is 0 Å². The molecule has 0 spiro atoms. The zero-order chi connectivity index (χ0) is 20.7. The molecule has 5 rings (SSSR count). The maximum Gasteiger partial charge on any atom is 0.133 e. The Hall–Kier alpha value is -2.57. The monoisotopic (exact) mass is 465 g/mol. The van der Waals surface area contributed by atoms with Gasteiger partial charge in [0.25, 0.3) is 0 Å². The number of hydrogen-bond acceptors (Lipinski definition) is 4. The summed E-state index contributed by atoms with van der Waals surface area (Å²) in [6.45, 7) is 1.61. The summed E-state index contributed by atoms with van der Waals surface area (Å²) in [5, 5.41) is 2.11. The molecular weight excluding hydrogens is 442 g/mol. The molecule has 1 unspecified atom stereocenters. The van der Waals surface area contributed by atoms with Gasteiger partial charge in [0.1, 0.15) is 11.6 Å². The molecule has 1 aliphatic heterocycles. The molecule has 1 fully saturated rings. The molecule has 2 aromatic heterocycles. The second kappa shape index (κ2) is 7.93. The molecule has 5 nitrogen and oxygen atoms in total. The summed E-state index contributed by atoms with van der Waals surface area (Å²) < 4.78 is 14.6. The molecular formula is C24H24BrN3O2. The molecule has 2 N–H and O–H groups in total. The zero-order valence-electron chi connectivity index (χ0n) is 16.9. The van der Waals surface area contributed by atoms with E-state index < -0.39 is 0 Å². The Balaban J connectivity index is 1.69. The van der Waals surface area contributed by atoms with Crippen LogP contribution in [0.25, 0.3) is 21.8 Å². The summed E-state index contributed by atoms with van der Waals surface area (Å²) >= 11 is 3.55. The van der Waals surface area contributed by atoms with Crippen molar-refractivity contribution >= 4 is 43.6 Å². The van der Waals surface area contributed by atoms with Gasteiger partial charge < -0.3 is 19.8 Å². The number of hydrogen-bond donors (Lipinski definition) is 1. The van der Waals surface area contributed by atoms with E-state index in [4.69, 9.17) is 15.2 Å². The minimum absolute atomic E-state index is 0.263. The van der Waals surface area contributed by atoms with Crippen molar-refractivity contribution in [1.82, 2.24) is 9.55 Å². The lowest BCUT2D eigenvalue weighted by atomic mass is 10.1. The van der Waals surface area contributed by atoms with Crippen LogP contribution in [0, 0.1) is 0 Å². The van der Waals surface area contributed by atoms with Crippen molar-refractivity contribution in [2.24, 2.45) is 0 Å². The third kappa shape index (κ3) is 3.55. The second-order valence-electron chi connectivity index (χ2n) is 7.83. The fourth-order valence-electron chi connectivity index (χ4n) is 4.38. The number of nitrogens with two attached hydrogens (primary N) is 1. The van der Waals surface area contributed by atoms with Gasteiger partial charge in [0, 0.05) is 40.5 Å². The van der Waals surface area contributed by atoms with Crippen LogP contribution in [0.4, 0.5) is 5.82 Å². The quantitative estimate of drug-likeness (QED) is 0.433. The van der Waals surface area contributed by atoms with Crippen molar-refractivity contribution in [3.63, 3.8) is 0 Å². The van der Waals surface area contributed by atoms with E-state index in [1.807, 2.05) is 18.2 Å². The highest BCUT2D eigenvalue weighted by molar-refractivity contribution is 9.10. The minimum atomic E-state index is 0.263. The van der Waals surface area contributed by atoms with Gasteiger partial charge >= 0.3 is 0 Å². The molecule has 2 aromatic carbocycles. The first-order chi connectivity index (χ1) is 14.6. The number of rotatable bonds is 5. The largest absolute Gasteiger partial charge is 0.497 e. The van der Waals surface area contributed by atoms with Crippen LogP contribution in [0.5, 0.6) is 5.75 Å². The molecule has 0 bridgehead atoms.